The van der Waals surface area contributed by atoms with Crippen LogP contribution in [0.4, 0.5) is 5.95 Å². The van der Waals surface area contributed by atoms with Gasteiger partial charge in [-0.05, 0) is 63.3 Å². The molecule has 0 bridgehead atoms. The first kappa shape index (κ1) is 18.5. The van der Waals surface area contributed by atoms with Crippen molar-refractivity contribution in [1.29, 1.82) is 0 Å². The lowest BCUT2D eigenvalue weighted by Gasteiger charge is -2.27. The molecule has 2 heterocycles. The second-order valence-corrected chi connectivity index (χ2v) is 7.38. The Balaban J connectivity index is 1.46. The van der Waals surface area contributed by atoms with Crippen LogP contribution in [-0.2, 0) is 9.53 Å². The Kier molecular flexibility index (Phi) is 5.28. The number of ether oxygens (including phenoxy) is 1. The minimum absolute atomic E-state index is 0.0275. The number of rotatable bonds is 5. The highest BCUT2D eigenvalue weighted by Gasteiger charge is 2.27. The van der Waals surface area contributed by atoms with Crippen molar-refractivity contribution in [3.63, 3.8) is 0 Å². The van der Waals surface area contributed by atoms with Gasteiger partial charge < -0.3 is 14.6 Å². The molecule has 1 fully saturated rings. The van der Waals surface area contributed by atoms with E-state index in [9.17, 15) is 4.79 Å². The molecule has 6 nitrogen and oxygen atoms in total. The summed E-state index contributed by atoms with van der Waals surface area (Å²) < 4.78 is 7.24. The van der Waals surface area contributed by atoms with Gasteiger partial charge in [-0.3, -0.25) is 4.79 Å². The summed E-state index contributed by atoms with van der Waals surface area (Å²) in [5.74, 6) is 1.44. The molecule has 0 spiro atoms. The average molecular weight is 378 g/mol. The lowest BCUT2D eigenvalue weighted by molar-refractivity contribution is -0.149. The smallest absolute Gasteiger partial charge is 0.308 e. The number of fused-ring (bicyclic) bond motifs is 1. The van der Waals surface area contributed by atoms with Gasteiger partial charge in [-0.2, -0.15) is 4.98 Å². The zero-order chi connectivity index (χ0) is 19.5. The number of anilines is 1. The highest BCUT2D eigenvalue weighted by molar-refractivity contribution is 5.84. The minimum atomic E-state index is -0.0611. The number of hydrogen-bond acceptors (Lipinski definition) is 5. The van der Waals surface area contributed by atoms with Gasteiger partial charge in [-0.25, -0.2) is 4.98 Å². The molecule has 1 aliphatic carbocycles. The van der Waals surface area contributed by atoms with Crippen LogP contribution in [0.3, 0.4) is 0 Å². The van der Waals surface area contributed by atoms with E-state index >= 15 is 0 Å². The summed E-state index contributed by atoms with van der Waals surface area (Å²) in [6, 6.07) is 10.6. The van der Waals surface area contributed by atoms with Crippen LogP contribution in [0, 0.1) is 12.8 Å². The summed E-state index contributed by atoms with van der Waals surface area (Å²) in [6.45, 7) is 4.42. The third-order valence-corrected chi connectivity index (χ3v) is 5.52. The molecule has 146 valence electrons. The maximum Gasteiger partial charge on any atom is 0.308 e. The fourth-order valence-corrected chi connectivity index (χ4v) is 3.99. The van der Waals surface area contributed by atoms with Crippen molar-refractivity contribution in [2.75, 3.05) is 11.9 Å². The number of carbonyl (C=O) groups is 1. The Morgan fingerprint density at radius 1 is 1.21 bits per heavy atom. The number of aryl methyl sites for hydroxylation is 1. The van der Waals surface area contributed by atoms with Gasteiger partial charge in [-0.15, -0.1) is 0 Å². The summed E-state index contributed by atoms with van der Waals surface area (Å²) >= 11 is 0. The largest absolute Gasteiger partial charge is 0.466 e. The number of hydrogen-bond donors (Lipinski definition) is 1. The van der Waals surface area contributed by atoms with Crippen LogP contribution in [0.2, 0.25) is 0 Å². The fourth-order valence-electron chi connectivity index (χ4n) is 3.99. The molecule has 6 heteroatoms. The quantitative estimate of drug-likeness (QED) is 0.672. The van der Waals surface area contributed by atoms with Crippen LogP contribution in [-0.4, -0.2) is 33.2 Å². The van der Waals surface area contributed by atoms with Crippen molar-refractivity contribution in [2.24, 2.45) is 5.92 Å². The molecule has 1 saturated carbocycles. The van der Waals surface area contributed by atoms with Crippen molar-refractivity contribution < 1.29 is 9.53 Å². The van der Waals surface area contributed by atoms with E-state index in [-0.39, 0.29) is 17.9 Å². The van der Waals surface area contributed by atoms with Gasteiger partial charge in [0, 0.05) is 23.8 Å². The van der Waals surface area contributed by atoms with E-state index < -0.39 is 0 Å². The van der Waals surface area contributed by atoms with Crippen LogP contribution < -0.4 is 5.32 Å². The van der Waals surface area contributed by atoms with Crippen LogP contribution in [0.5, 0.6) is 0 Å². The zero-order valence-electron chi connectivity index (χ0n) is 16.4. The molecule has 3 aromatic rings. The molecule has 0 aliphatic heterocycles. The molecule has 0 radical (unpaired) electrons. The summed E-state index contributed by atoms with van der Waals surface area (Å²) in [5, 5.41) is 4.68. The van der Waals surface area contributed by atoms with Crippen molar-refractivity contribution in [3.05, 3.63) is 48.3 Å². The third kappa shape index (κ3) is 3.72. The summed E-state index contributed by atoms with van der Waals surface area (Å²) in [5.41, 5.74) is 2.39. The first-order chi connectivity index (χ1) is 13.7. The summed E-state index contributed by atoms with van der Waals surface area (Å²) in [4.78, 5) is 21.0. The monoisotopic (exact) mass is 378 g/mol. The van der Waals surface area contributed by atoms with Gasteiger partial charge in [-0.1, -0.05) is 12.1 Å². The fraction of sp³-hybridized carbons (Fsp3) is 0.409. The predicted molar refractivity (Wildman–Crippen MR) is 110 cm³/mol. The number of nitrogens with zero attached hydrogens (tertiary/aromatic N) is 3. The van der Waals surface area contributed by atoms with Gasteiger partial charge in [0.15, 0.2) is 0 Å². The SMILES string of the molecule is CCOC(=O)C1CCC(Nc2nccc(-n3ccc4c(C)cccc43)n2)CC1. The normalized spacial score (nSPS) is 19.5. The first-order valence-electron chi connectivity index (χ1n) is 9.99. The zero-order valence-corrected chi connectivity index (χ0v) is 16.4. The Hall–Kier alpha value is -2.89. The number of benzene rings is 1. The van der Waals surface area contributed by atoms with Crippen LogP contribution in [0.25, 0.3) is 16.7 Å². The third-order valence-electron chi connectivity index (χ3n) is 5.52. The highest BCUT2D eigenvalue weighted by Crippen LogP contribution is 2.27. The molecule has 4 rings (SSSR count). The van der Waals surface area contributed by atoms with Crippen molar-refractivity contribution in [2.45, 2.75) is 45.6 Å². The second kappa shape index (κ2) is 8.00. The lowest BCUT2D eigenvalue weighted by Crippen LogP contribution is -2.30. The average Bonchev–Trinajstić information content (AvgIpc) is 3.14. The molecule has 2 aromatic heterocycles. The van der Waals surface area contributed by atoms with Crippen LogP contribution >= 0.6 is 0 Å². The minimum Gasteiger partial charge on any atom is -0.466 e. The molecular formula is C22H26N4O2. The van der Waals surface area contributed by atoms with Gasteiger partial charge >= 0.3 is 5.97 Å². The predicted octanol–water partition coefficient (Wildman–Crippen LogP) is 4.26. The Bertz CT molecular complexity index is 974. The van der Waals surface area contributed by atoms with Gasteiger partial charge in [0.05, 0.1) is 18.0 Å². The van der Waals surface area contributed by atoms with E-state index in [1.54, 1.807) is 6.20 Å². The number of nitrogens with one attached hydrogen (secondary N) is 1. The van der Waals surface area contributed by atoms with Gasteiger partial charge in [0.2, 0.25) is 5.95 Å². The Labute approximate surface area is 164 Å². The van der Waals surface area contributed by atoms with Gasteiger partial charge in [0.1, 0.15) is 5.82 Å². The summed E-state index contributed by atoms with van der Waals surface area (Å²) in [7, 11) is 0. The molecule has 1 aromatic carbocycles. The first-order valence-corrected chi connectivity index (χ1v) is 9.99. The number of aromatic nitrogens is 3. The maximum absolute atomic E-state index is 11.9. The standard InChI is InChI=1S/C22H26N4O2/c1-3-28-21(27)16-7-9-17(10-8-16)24-22-23-13-11-20(25-22)26-14-12-18-15(2)5-4-6-19(18)26/h4-6,11-14,16-17H,3,7-10H2,1-2H3,(H,23,24,25). The lowest BCUT2D eigenvalue weighted by atomic mass is 9.86. The summed E-state index contributed by atoms with van der Waals surface area (Å²) in [6.07, 6.45) is 7.37. The Morgan fingerprint density at radius 3 is 2.82 bits per heavy atom. The van der Waals surface area contributed by atoms with Crippen LogP contribution in [0.1, 0.15) is 38.2 Å². The molecule has 0 atom stereocenters. The number of esters is 1. The van der Waals surface area contributed by atoms with E-state index in [0.717, 1.165) is 37.0 Å². The molecule has 0 unspecified atom stereocenters. The number of carbonyl (C=O) groups excluding carboxylic acids is 1. The van der Waals surface area contributed by atoms with E-state index in [1.807, 2.05) is 19.2 Å². The van der Waals surface area contributed by atoms with Crippen molar-refractivity contribution >= 4 is 22.8 Å². The molecule has 0 saturated heterocycles. The van der Waals surface area contributed by atoms with E-state index in [1.165, 1.54) is 10.9 Å². The highest BCUT2D eigenvalue weighted by atomic mass is 16.5. The molecule has 1 N–H and O–H groups in total. The van der Waals surface area contributed by atoms with E-state index in [0.29, 0.717) is 12.6 Å². The molecular weight excluding hydrogens is 352 g/mol. The van der Waals surface area contributed by atoms with E-state index in [4.69, 9.17) is 9.72 Å². The van der Waals surface area contributed by atoms with Crippen molar-refractivity contribution in [3.8, 4) is 5.82 Å². The van der Waals surface area contributed by atoms with Gasteiger partial charge in [0.25, 0.3) is 0 Å². The molecule has 0 amide bonds. The maximum atomic E-state index is 11.9. The molecule has 28 heavy (non-hydrogen) atoms. The molecule has 1 aliphatic rings. The van der Waals surface area contributed by atoms with E-state index in [2.05, 4.69) is 46.1 Å². The second-order valence-electron chi connectivity index (χ2n) is 7.38. The Morgan fingerprint density at radius 2 is 2.04 bits per heavy atom. The van der Waals surface area contributed by atoms with Crippen molar-refractivity contribution in [1.82, 2.24) is 14.5 Å². The van der Waals surface area contributed by atoms with Crippen LogP contribution in [0.15, 0.2) is 42.7 Å². The topological polar surface area (TPSA) is 69.0 Å².